The third-order valence-electron chi connectivity index (χ3n) is 4.42. The van der Waals surface area contributed by atoms with E-state index in [1.807, 2.05) is 12.1 Å². The van der Waals surface area contributed by atoms with Crippen LogP contribution in [0.1, 0.15) is 32.6 Å². The van der Waals surface area contributed by atoms with Crippen LogP contribution in [-0.4, -0.2) is 27.4 Å². The highest BCUT2D eigenvalue weighted by molar-refractivity contribution is 5.88. The summed E-state index contributed by atoms with van der Waals surface area (Å²) >= 11 is 0. The SMILES string of the molecule is CC1CCC(O)(CNc2cc3[nH]ncc3cc2N)CC1. The molecule has 2 aromatic rings. The number of fused-ring (bicyclic) bond motifs is 1. The average molecular weight is 274 g/mol. The highest BCUT2D eigenvalue weighted by Crippen LogP contribution is 2.33. The number of rotatable bonds is 3. The Morgan fingerprint density at radius 3 is 2.95 bits per heavy atom. The number of H-pyrrole nitrogens is 1. The van der Waals surface area contributed by atoms with Crippen molar-refractivity contribution in [3.05, 3.63) is 18.3 Å². The zero-order valence-electron chi connectivity index (χ0n) is 11.8. The van der Waals surface area contributed by atoms with E-state index in [9.17, 15) is 5.11 Å². The number of nitrogens with two attached hydrogens (primary N) is 1. The quantitative estimate of drug-likeness (QED) is 0.648. The zero-order chi connectivity index (χ0) is 14.2. The molecule has 5 N–H and O–H groups in total. The van der Waals surface area contributed by atoms with E-state index < -0.39 is 5.60 Å². The fourth-order valence-electron chi connectivity index (χ4n) is 2.90. The first-order chi connectivity index (χ1) is 9.56. The van der Waals surface area contributed by atoms with E-state index in [0.717, 1.165) is 48.2 Å². The predicted octanol–water partition coefficient (Wildman–Crippen LogP) is 2.50. The molecule has 20 heavy (non-hydrogen) atoms. The molecular formula is C15H22N4O. The molecule has 0 saturated heterocycles. The second kappa shape index (κ2) is 4.98. The van der Waals surface area contributed by atoms with Crippen molar-refractivity contribution < 1.29 is 5.11 Å². The summed E-state index contributed by atoms with van der Waals surface area (Å²) in [5, 5.41) is 21.8. The van der Waals surface area contributed by atoms with E-state index in [-0.39, 0.29) is 0 Å². The van der Waals surface area contributed by atoms with Gasteiger partial charge in [-0.1, -0.05) is 6.92 Å². The van der Waals surface area contributed by atoms with Crippen molar-refractivity contribution in [1.82, 2.24) is 10.2 Å². The second-order valence-corrected chi connectivity index (χ2v) is 6.16. The van der Waals surface area contributed by atoms with E-state index in [0.29, 0.717) is 12.2 Å². The van der Waals surface area contributed by atoms with E-state index in [1.54, 1.807) is 6.20 Å². The van der Waals surface area contributed by atoms with Crippen LogP contribution in [-0.2, 0) is 0 Å². The molecule has 5 nitrogen and oxygen atoms in total. The molecule has 0 radical (unpaired) electrons. The second-order valence-electron chi connectivity index (χ2n) is 6.16. The zero-order valence-corrected chi connectivity index (χ0v) is 11.8. The first-order valence-electron chi connectivity index (χ1n) is 7.25. The Morgan fingerprint density at radius 1 is 1.45 bits per heavy atom. The summed E-state index contributed by atoms with van der Waals surface area (Å²) in [7, 11) is 0. The highest BCUT2D eigenvalue weighted by Gasteiger charge is 2.31. The minimum atomic E-state index is -0.609. The molecule has 108 valence electrons. The van der Waals surface area contributed by atoms with Gasteiger partial charge < -0.3 is 16.2 Å². The summed E-state index contributed by atoms with van der Waals surface area (Å²) in [5.74, 6) is 0.724. The number of benzene rings is 1. The standard InChI is InChI=1S/C15H22N4O/c1-10-2-4-15(20,5-3-10)9-17-14-7-13-11(6-12(14)16)8-18-19-13/h6-8,10,17,20H,2-5,9,16H2,1H3,(H,18,19). The number of aliphatic hydroxyl groups is 1. The molecule has 0 unspecified atom stereocenters. The van der Waals surface area contributed by atoms with Crippen molar-refractivity contribution in [1.29, 1.82) is 0 Å². The van der Waals surface area contributed by atoms with Crippen LogP contribution in [0.25, 0.3) is 10.9 Å². The van der Waals surface area contributed by atoms with E-state index >= 15 is 0 Å². The number of nitrogens with one attached hydrogen (secondary N) is 2. The van der Waals surface area contributed by atoms with Crippen molar-refractivity contribution in [3.63, 3.8) is 0 Å². The molecule has 0 aliphatic heterocycles. The van der Waals surface area contributed by atoms with Gasteiger partial charge in [0.1, 0.15) is 0 Å². The fraction of sp³-hybridized carbons (Fsp3) is 0.533. The van der Waals surface area contributed by atoms with Gasteiger partial charge in [0.15, 0.2) is 0 Å². The summed E-state index contributed by atoms with van der Waals surface area (Å²) in [4.78, 5) is 0. The smallest absolute Gasteiger partial charge is 0.0819 e. The number of anilines is 2. The Bertz CT molecular complexity index is 599. The lowest BCUT2D eigenvalue weighted by Gasteiger charge is -2.35. The third kappa shape index (κ3) is 2.58. The maximum atomic E-state index is 10.6. The molecule has 0 amide bonds. The number of hydrogen-bond donors (Lipinski definition) is 4. The van der Waals surface area contributed by atoms with E-state index in [2.05, 4.69) is 22.4 Å². The fourth-order valence-corrected chi connectivity index (χ4v) is 2.90. The van der Waals surface area contributed by atoms with Gasteiger partial charge in [-0.15, -0.1) is 0 Å². The van der Waals surface area contributed by atoms with Gasteiger partial charge in [0.2, 0.25) is 0 Å². The Kier molecular flexibility index (Phi) is 3.30. The molecule has 0 spiro atoms. The van der Waals surface area contributed by atoms with Crippen molar-refractivity contribution in [2.24, 2.45) is 5.92 Å². The molecule has 1 fully saturated rings. The molecule has 3 rings (SSSR count). The summed E-state index contributed by atoms with van der Waals surface area (Å²) in [5.41, 5.74) is 7.92. The van der Waals surface area contributed by atoms with Gasteiger partial charge in [0.05, 0.1) is 28.7 Å². The third-order valence-corrected chi connectivity index (χ3v) is 4.42. The summed E-state index contributed by atoms with van der Waals surface area (Å²) in [6.45, 7) is 2.79. The lowest BCUT2D eigenvalue weighted by atomic mass is 9.79. The molecule has 1 saturated carbocycles. The van der Waals surface area contributed by atoms with Crippen LogP contribution in [0, 0.1) is 5.92 Å². The molecular weight excluding hydrogens is 252 g/mol. The molecule has 1 heterocycles. The number of aromatic nitrogens is 2. The van der Waals surface area contributed by atoms with Crippen LogP contribution in [0.5, 0.6) is 0 Å². The summed E-state index contributed by atoms with van der Waals surface area (Å²) in [6, 6.07) is 3.85. The normalized spacial score (nSPS) is 26.8. The first-order valence-corrected chi connectivity index (χ1v) is 7.25. The molecule has 0 atom stereocenters. The number of aromatic amines is 1. The van der Waals surface area contributed by atoms with Gasteiger partial charge in [0.25, 0.3) is 0 Å². The molecule has 1 aromatic heterocycles. The van der Waals surface area contributed by atoms with Gasteiger partial charge in [-0.3, -0.25) is 5.10 Å². The topological polar surface area (TPSA) is 87.0 Å². The van der Waals surface area contributed by atoms with E-state index in [4.69, 9.17) is 5.73 Å². The minimum Gasteiger partial charge on any atom is -0.397 e. The molecule has 0 bridgehead atoms. The van der Waals surface area contributed by atoms with Crippen LogP contribution >= 0.6 is 0 Å². The van der Waals surface area contributed by atoms with Crippen molar-refractivity contribution in [2.45, 2.75) is 38.2 Å². The Balaban J connectivity index is 1.71. The highest BCUT2D eigenvalue weighted by atomic mass is 16.3. The van der Waals surface area contributed by atoms with Gasteiger partial charge in [0, 0.05) is 11.9 Å². The molecule has 1 aliphatic rings. The van der Waals surface area contributed by atoms with Crippen LogP contribution < -0.4 is 11.1 Å². The Hall–Kier alpha value is -1.75. The monoisotopic (exact) mass is 274 g/mol. The predicted molar refractivity (Wildman–Crippen MR) is 81.6 cm³/mol. The van der Waals surface area contributed by atoms with E-state index in [1.165, 1.54) is 0 Å². The number of nitrogen functional groups attached to an aromatic ring is 1. The van der Waals surface area contributed by atoms with Crippen molar-refractivity contribution in [2.75, 3.05) is 17.6 Å². The first kappa shape index (κ1) is 13.2. The maximum Gasteiger partial charge on any atom is 0.0819 e. The lowest BCUT2D eigenvalue weighted by molar-refractivity contribution is 0.00503. The lowest BCUT2D eigenvalue weighted by Crippen LogP contribution is -2.40. The van der Waals surface area contributed by atoms with Gasteiger partial charge in [-0.25, -0.2) is 0 Å². The molecule has 5 heteroatoms. The maximum absolute atomic E-state index is 10.6. The molecule has 1 aromatic carbocycles. The average Bonchev–Trinajstić information content (AvgIpc) is 2.87. The largest absolute Gasteiger partial charge is 0.397 e. The van der Waals surface area contributed by atoms with Crippen molar-refractivity contribution in [3.8, 4) is 0 Å². The van der Waals surface area contributed by atoms with Gasteiger partial charge in [-0.2, -0.15) is 5.10 Å². The Morgan fingerprint density at radius 2 is 2.20 bits per heavy atom. The molecule has 1 aliphatic carbocycles. The van der Waals surface area contributed by atoms with Gasteiger partial charge >= 0.3 is 0 Å². The summed E-state index contributed by atoms with van der Waals surface area (Å²) in [6.07, 6.45) is 5.65. The van der Waals surface area contributed by atoms with Crippen molar-refractivity contribution >= 4 is 22.3 Å². The summed E-state index contributed by atoms with van der Waals surface area (Å²) < 4.78 is 0. The number of hydrogen-bond acceptors (Lipinski definition) is 4. The van der Waals surface area contributed by atoms with Crippen LogP contribution in [0.15, 0.2) is 18.3 Å². The Labute approximate surface area is 118 Å². The number of nitrogens with zero attached hydrogens (tertiary/aromatic N) is 1. The van der Waals surface area contributed by atoms with Crippen LogP contribution in [0.3, 0.4) is 0 Å². The van der Waals surface area contributed by atoms with Crippen LogP contribution in [0.4, 0.5) is 11.4 Å². The van der Waals surface area contributed by atoms with Crippen LogP contribution in [0.2, 0.25) is 0 Å². The minimum absolute atomic E-state index is 0.545. The van der Waals surface area contributed by atoms with Gasteiger partial charge in [-0.05, 0) is 43.7 Å².